The molecule has 1 aromatic carbocycles. The average molecular weight is 421 g/mol. The molecular formula is C30H60. The molecule has 0 bridgehead atoms. The molecule has 0 nitrogen and oxygen atoms in total. The van der Waals surface area contributed by atoms with E-state index in [2.05, 4.69) is 142 Å². The Balaban J connectivity index is -0.000000393. The minimum atomic E-state index is 0. The first-order valence-electron chi connectivity index (χ1n) is 11.5. The van der Waals surface area contributed by atoms with E-state index in [-0.39, 0.29) is 18.3 Å². The van der Waals surface area contributed by atoms with E-state index in [1.165, 1.54) is 11.1 Å². The fourth-order valence-corrected chi connectivity index (χ4v) is 1.47. The highest BCUT2D eigenvalue weighted by Crippen LogP contribution is 2.36. The van der Waals surface area contributed by atoms with Gasteiger partial charge < -0.3 is 0 Å². The lowest BCUT2D eigenvalue weighted by Gasteiger charge is -2.34. The van der Waals surface area contributed by atoms with Crippen molar-refractivity contribution in [1.82, 2.24) is 0 Å². The Hall–Kier alpha value is -0.780. The Morgan fingerprint density at radius 2 is 0.633 bits per heavy atom. The molecular weight excluding hydrogens is 360 g/mol. The maximum atomic E-state index is 2.27. The molecule has 1 rings (SSSR count). The third-order valence-corrected chi connectivity index (χ3v) is 6.60. The van der Waals surface area contributed by atoms with Crippen LogP contribution in [-0.2, 0) is 10.8 Å². The standard InChI is InChI=1S/C14H22.C8H18.C7H16.CH4/c1-13(2,3)11-7-9-12(10-8-11)14(4,5)6;1-7(2,3)8(4,5)6;1-6(2)7(3,4)5;/h7-10H,1-6H3;1-6H3;6H,1-5H3;1H4. The van der Waals surface area contributed by atoms with Crippen molar-refractivity contribution in [2.24, 2.45) is 22.2 Å². The molecule has 0 unspecified atom stereocenters. The van der Waals surface area contributed by atoms with Crippen LogP contribution in [0.3, 0.4) is 0 Å². The number of rotatable bonds is 0. The highest BCUT2D eigenvalue weighted by molar-refractivity contribution is 5.30. The van der Waals surface area contributed by atoms with Gasteiger partial charge >= 0.3 is 0 Å². The van der Waals surface area contributed by atoms with Gasteiger partial charge in [-0.2, -0.15) is 0 Å². The summed E-state index contributed by atoms with van der Waals surface area (Å²) in [6, 6.07) is 9.00. The van der Waals surface area contributed by atoms with Crippen molar-refractivity contribution in [2.75, 3.05) is 0 Å². The SMILES string of the molecule is C.CC(C)(C)C(C)(C)C.CC(C)(C)c1ccc(C(C)(C)C)cc1.CC(C)C(C)(C)C. The summed E-state index contributed by atoms with van der Waals surface area (Å²) in [5.41, 5.74) is 4.71. The third-order valence-electron chi connectivity index (χ3n) is 6.60. The number of hydrogen-bond donors (Lipinski definition) is 0. The first kappa shape index (κ1) is 33.8. The highest BCUT2D eigenvalue weighted by Gasteiger charge is 2.26. The van der Waals surface area contributed by atoms with Gasteiger partial charge in [-0.3, -0.25) is 0 Å². The maximum Gasteiger partial charge on any atom is -0.0132 e. The number of hydrogen-bond acceptors (Lipinski definition) is 0. The Labute approximate surface area is 193 Å². The summed E-state index contributed by atoms with van der Waals surface area (Å²) in [7, 11) is 0. The minimum absolute atomic E-state index is 0. The summed E-state index contributed by atoms with van der Waals surface area (Å²) in [4.78, 5) is 0. The fourth-order valence-electron chi connectivity index (χ4n) is 1.47. The molecule has 180 valence electrons. The van der Waals surface area contributed by atoms with E-state index in [1.807, 2.05) is 0 Å². The first-order chi connectivity index (χ1) is 12.4. The molecule has 30 heavy (non-hydrogen) atoms. The summed E-state index contributed by atoms with van der Waals surface area (Å²) in [6.45, 7) is 38.4. The highest BCUT2D eigenvalue weighted by atomic mass is 14.3. The van der Waals surface area contributed by atoms with E-state index >= 15 is 0 Å². The lowest BCUT2D eigenvalue weighted by atomic mass is 9.71. The van der Waals surface area contributed by atoms with Crippen LogP contribution in [0, 0.1) is 22.2 Å². The molecule has 0 aliphatic rings. The van der Waals surface area contributed by atoms with Gasteiger partial charge in [0.2, 0.25) is 0 Å². The fraction of sp³-hybridized carbons (Fsp3) is 0.800. The third kappa shape index (κ3) is 14.3. The van der Waals surface area contributed by atoms with Crippen molar-refractivity contribution in [1.29, 1.82) is 0 Å². The molecule has 0 aliphatic heterocycles. The maximum absolute atomic E-state index is 2.27. The van der Waals surface area contributed by atoms with Crippen LogP contribution in [0.2, 0.25) is 0 Å². The molecule has 0 aromatic heterocycles. The van der Waals surface area contributed by atoms with E-state index in [0.29, 0.717) is 16.2 Å². The first-order valence-corrected chi connectivity index (χ1v) is 11.5. The molecule has 0 aliphatic carbocycles. The summed E-state index contributed by atoms with van der Waals surface area (Å²) in [5, 5.41) is 0. The van der Waals surface area contributed by atoms with Gasteiger partial charge in [-0.15, -0.1) is 0 Å². The second kappa shape index (κ2) is 11.7. The second-order valence-electron chi connectivity index (χ2n) is 14.1. The predicted molar refractivity (Wildman–Crippen MR) is 144 cm³/mol. The summed E-state index contributed by atoms with van der Waals surface area (Å²) >= 11 is 0. The largest absolute Gasteiger partial charge is 0.0776 e. The van der Waals surface area contributed by atoms with Gasteiger partial charge in [0.25, 0.3) is 0 Å². The van der Waals surface area contributed by atoms with Crippen molar-refractivity contribution < 1.29 is 0 Å². The second-order valence-corrected chi connectivity index (χ2v) is 14.1. The van der Waals surface area contributed by atoms with Gasteiger partial charge in [0.1, 0.15) is 0 Å². The van der Waals surface area contributed by atoms with Crippen molar-refractivity contribution in [2.45, 2.75) is 136 Å². The zero-order valence-corrected chi connectivity index (χ0v) is 23.4. The Morgan fingerprint density at radius 1 is 0.467 bits per heavy atom. The predicted octanol–water partition coefficient (Wildman–Crippen LogP) is 10.7. The van der Waals surface area contributed by atoms with Crippen molar-refractivity contribution in [3.63, 3.8) is 0 Å². The average Bonchev–Trinajstić information content (AvgIpc) is 2.43. The van der Waals surface area contributed by atoms with Crippen molar-refractivity contribution >= 4 is 0 Å². The molecule has 1 aromatic rings. The van der Waals surface area contributed by atoms with Crippen LogP contribution in [0.1, 0.15) is 136 Å². The van der Waals surface area contributed by atoms with Crippen LogP contribution >= 0.6 is 0 Å². The van der Waals surface area contributed by atoms with E-state index in [0.717, 1.165) is 5.92 Å². The molecule has 0 radical (unpaired) electrons. The van der Waals surface area contributed by atoms with Crippen molar-refractivity contribution in [3.05, 3.63) is 35.4 Å². The molecule has 0 fully saturated rings. The van der Waals surface area contributed by atoms with E-state index < -0.39 is 0 Å². The molecule has 0 saturated heterocycles. The van der Waals surface area contributed by atoms with Gasteiger partial charge in [-0.25, -0.2) is 0 Å². The minimum Gasteiger partial charge on any atom is -0.0776 e. The summed E-state index contributed by atoms with van der Waals surface area (Å²) in [6.07, 6.45) is 0. The van der Waals surface area contributed by atoms with Gasteiger partial charge in [-0.1, -0.05) is 149 Å². The zero-order valence-electron chi connectivity index (χ0n) is 23.4. The van der Waals surface area contributed by atoms with Crippen LogP contribution in [0.5, 0.6) is 0 Å². The lowest BCUT2D eigenvalue weighted by Crippen LogP contribution is -2.25. The zero-order chi connectivity index (χ0) is 24.1. The molecule has 0 saturated carbocycles. The van der Waals surface area contributed by atoms with E-state index in [1.54, 1.807) is 0 Å². The molecule has 0 heterocycles. The quantitative estimate of drug-likeness (QED) is 0.391. The monoisotopic (exact) mass is 420 g/mol. The van der Waals surface area contributed by atoms with Crippen molar-refractivity contribution in [3.8, 4) is 0 Å². The van der Waals surface area contributed by atoms with E-state index in [4.69, 9.17) is 0 Å². The Bertz CT molecular complexity index is 504. The molecule has 0 atom stereocenters. The van der Waals surface area contributed by atoms with Gasteiger partial charge in [0, 0.05) is 0 Å². The molecule has 0 spiro atoms. The number of benzene rings is 1. The van der Waals surface area contributed by atoms with Crippen LogP contribution in [0.4, 0.5) is 0 Å². The Kier molecular flexibility index (Phi) is 13.2. The molecule has 0 heteroatoms. The Morgan fingerprint density at radius 3 is 0.700 bits per heavy atom. The van der Waals surface area contributed by atoms with Gasteiger partial charge in [-0.05, 0) is 44.1 Å². The van der Waals surface area contributed by atoms with Crippen LogP contribution < -0.4 is 0 Å². The smallest absolute Gasteiger partial charge is 0.0132 e. The van der Waals surface area contributed by atoms with Crippen LogP contribution in [0.25, 0.3) is 0 Å². The van der Waals surface area contributed by atoms with Crippen LogP contribution in [-0.4, -0.2) is 0 Å². The lowest BCUT2D eigenvalue weighted by molar-refractivity contribution is 0.157. The normalized spacial score (nSPS) is 12.9. The van der Waals surface area contributed by atoms with Gasteiger partial charge in [0.15, 0.2) is 0 Å². The summed E-state index contributed by atoms with van der Waals surface area (Å²) in [5.74, 6) is 0.799. The molecule has 0 amide bonds. The summed E-state index contributed by atoms with van der Waals surface area (Å²) < 4.78 is 0. The molecule has 0 N–H and O–H groups in total. The van der Waals surface area contributed by atoms with Gasteiger partial charge in [0.05, 0.1) is 0 Å². The van der Waals surface area contributed by atoms with Crippen LogP contribution in [0.15, 0.2) is 24.3 Å². The topological polar surface area (TPSA) is 0 Å². The van der Waals surface area contributed by atoms with E-state index in [9.17, 15) is 0 Å².